The minimum Gasteiger partial charge on any atom is -0.477 e. The third kappa shape index (κ3) is 3.32. The average Bonchev–Trinajstić information content (AvgIpc) is 2.56. The molecule has 4 heteroatoms. The molecule has 0 aliphatic rings. The summed E-state index contributed by atoms with van der Waals surface area (Å²) in [7, 11) is 0. The SMILES string of the molecule is CCC(C)NCc1cc(C(=O)O)sc1C. The van der Waals surface area contributed by atoms with E-state index >= 15 is 0 Å². The number of aromatic carboxylic acids is 1. The van der Waals surface area contributed by atoms with Crippen molar-refractivity contribution in [1.29, 1.82) is 0 Å². The van der Waals surface area contributed by atoms with Crippen molar-refractivity contribution in [3.63, 3.8) is 0 Å². The largest absolute Gasteiger partial charge is 0.477 e. The van der Waals surface area contributed by atoms with Crippen LogP contribution in [0.4, 0.5) is 0 Å². The van der Waals surface area contributed by atoms with Gasteiger partial charge in [0.2, 0.25) is 0 Å². The van der Waals surface area contributed by atoms with Crippen LogP contribution in [-0.2, 0) is 6.54 Å². The summed E-state index contributed by atoms with van der Waals surface area (Å²) in [5, 5.41) is 12.2. The molecule has 84 valence electrons. The van der Waals surface area contributed by atoms with E-state index in [0.717, 1.165) is 23.4 Å². The van der Waals surface area contributed by atoms with E-state index in [0.29, 0.717) is 10.9 Å². The van der Waals surface area contributed by atoms with Crippen LogP contribution in [0.5, 0.6) is 0 Å². The monoisotopic (exact) mass is 227 g/mol. The lowest BCUT2D eigenvalue weighted by molar-refractivity contribution is 0.0702. The molecule has 1 aromatic heterocycles. The zero-order valence-corrected chi connectivity index (χ0v) is 10.1. The quantitative estimate of drug-likeness (QED) is 0.813. The first-order valence-electron chi connectivity index (χ1n) is 5.10. The molecule has 1 unspecified atom stereocenters. The molecule has 0 amide bonds. The Morgan fingerprint density at radius 1 is 1.67 bits per heavy atom. The summed E-state index contributed by atoms with van der Waals surface area (Å²) >= 11 is 1.34. The van der Waals surface area contributed by atoms with Crippen LogP contribution in [-0.4, -0.2) is 17.1 Å². The number of carboxylic acids is 1. The second kappa shape index (κ2) is 5.28. The maximum absolute atomic E-state index is 10.8. The van der Waals surface area contributed by atoms with E-state index in [1.54, 1.807) is 6.07 Å². The molecule has 15 heavy (non-hydrogen) atoms. The number of nitrogens with one attached hydrogen (secondary N) is 1. The summed E-state index contributed by atoms with van der Waals surface area (Å²) in [4.78, 5) is 12.3. The van der Waals surface area contributed by atoms with Gasteiger partial charge in [-0.25, -0.2) is 4.79 Å². The third-order valence-electron chi connectivity index (χ3n) is 2.48. The summed E-state index contributed by atoms with van der Waals surface area (Å²) in [5.74, 6) is -0.835. The van der Waals surface area contributed by atoms with Crippen molar-refractivity contribution in [2.45, 2.75) is 39.8 Å². The maximum atomic E-state index is 10.8. The molecule has 0 aliphatic carbocycles. The van der Waals surface area contributed by atoms with E-state index in [4.69, 9.17) is 5.11 Å². The molecule has 2 N–H and O–H groups in total. The number of hydrogen-bond donors (Lipinski definition) is 2. The normalized spacial score (nSPS) is 12.7. The van der Waals surface area contributed by atoms with Gasteiger partial charge < -0.3 is 10.4 Å². The van der Waals surface area contributed by atoms with E-state index in [9.17, 15) is 4.79 Å². The summed E-state index contributed by atoms with van der Waals surface area (Å²) in [6, 6.07) is 2.23. The topological polar surface area (TPSA) is 49.3 Å². The number of carbonyl (C=O) groups is 1. The van der Waals surface area contributed by atoms with Gasteiger partial charge in [-0.15, -0.1) is 11.3 Å². The van der Waals surface area contributed by atoms with Crippen molar-refractivity contribution >= 4 is 17.3 Å². The maximum Gasteiger partial charge on any atom is 0.345 e. The minimum absolute atomic E-state index is 0.424. The third-order valence-corrected chi connectivity index (χ3v) is 3.57. The first-order chi connectivity index (χ1) is 7.04. The standard InChI is InChI=1S/C11H17NO2S/c1-4-7(2)12-6-9-5-10(11(13)14)15-8(9)3/h5,7,12H,4,6H2,1-3H3,(H,13,14). The highest BCUT2D eigenvalue weighted by Crippen LogP contribution is 2.21. The zero-order valence-electron chi connectivity index (χ0n) is 9.33. The van der Waals surface area contributed by atoms with Crippen molar-refractivity contribution < 1.29 is 9.90 Å². The Hall–Kier alpha value is -0.870. The van der Waals surface area contributed by atoms with Gasteiger partial charge in [0.25, 0.3) is 0 Å². The van der Waals surface area contributed by atoms with Crippen molar-refractivity contribution in [2.75, 3.05) is 0 Å². The Kier molecular flexibility index (Phi) is 4.29. The summed E-state index contributed by atoms with van der Waals surface area (Å²) < 4.78 is 0. The molecule has 0 spiro atoms. The molecule has 0 saturated heterocycles. The Balaban J connectivity index is 2.65. The summed E-state index contributed by atoms with van der Waals surface area (Å²) in [6.45, 7) is 6.97. The van der Waals surface area contributed by atoms with E-state index in [-0.39, 0.29) is 0 Å². The molecule has 1 heterocycles. The fraction of sp³-hybridized carbons (Fsp3) is 0.545. The van der Waals surface area contributed by atoms with Gasteiger partial charge in [-0.2, -0.15) is 0 Å². The molecule has 0 fully saturated rings. The van der Waals surface area contributed by atoms with Gasteiger partial charge in [0.1, 0.15) is 4.88 Å². The van der Waals surface area contributed by atoms with Crippen LogP contribution in [0.2, 0.25) is 0 Å². The summed E-state index contributed by atoms with van der Waals surface area (Å²) in [5.41, 5.74) is 1.10. The lowest BCUT2D eigenvalue weighted by Crippen LogP contribution is -2.24. The molecule has 0 bridgehead atoms. The predicted molar refractivity (Wildman–Crippen MR) is 62.6 cm³/mol. The number of aryl methyl sites for hydroxylation is 1. The molecule has 1 rings (SSSR count). The fourth-order valence-electron chi connectivity index (χ4n) is 1.23. The molecule has 0 radical (unpaired) electrons. The second-order valence-electron chi connectivity index (χ2n) is 3.69. The highest BCUT2D eigenvalue weighted by Gasteiger charge is 2.11. The van der Waals surface area contributed by atoms with Crippen molar-refractivity contribution in [3.05, 3.63) is 21.4 Å². The second-order valence-corrected chi connectivity index (χ2v) is 4.94. The lowest BCUT2D eigenvalue weighted by atomic mass is 10.2. The minimum atomic E-state index is -0.835. The van der Waals surface area contributed by atoms with E-state index in [2.05, 4.69) is 19.2 Å². The van der Waals surface area contributed by atoms with Gasteiger partial charge in [0.15, 0.2) is 0 Å². The smallest absolute Gasteiger partial charge is 0.345 e. The lowest BCUT2D eigenvalue weighted by Gasteiger charge is -2.10. The number of thiophene rings is 1. The average molecular weight is 227 g/mol. The Labute approximate surface area is 94.1 Å². The first kappa shape index (κ1) is 12.2. The molecule has 0 aliphatic heterocycles. The van der Waals surface area contributed by atoms with Crippen LogP contribution in [0.15, 0.2) is 6.07 Å². The number of rotatable bonds is 5. The Morgan fingerprint density at radius 2 is 2.33 bits per heavy atom. The molecule has 1 atom stereocenters. The zero-order chi connectivity index (χ0) is 11.4. The summed E-state index contributed by atoms with van der Waals surface area (Å²) in [6.07, 6.45) is 1.08. The van der Waals surface area contributed by atoms with Gasteiger partial charge in [0.05, 0.1) is 0 Å². The van der Waals surface area contributed by atoms with Crippen molar-refractivity contribution in [2.24, 2.45) is 0 Å². The van der Waals surface area contributed by atoms with Gasteiger partial charge in [-0.1, -0.05) is 6.92 Å². The van der Waals surface area contributed by atoms with Gasteiger partial charge in [-0.3, -0.25) is 0 Å². The van der Waals surface area contributed by atoms with E-state index < -0.39 is 5.97 Å². The molecule has 1 aromatic rings. The molecular weight excluding hydrogens is 210 g/mol. The Morgan fingerprint density at radius 3 is 2.80 bits per heavy atom. The predicted octanol–water partition coefficient (Wildman–Crippen LogP) is 2.64. The number of carboxylic acid groups (broad SMARTS) is 1. The van der Waals surface area contributed by atoms with Gasteiger partial charge in [0, 0.05) is 17.5 Å². The van der Waals surface area contributed by atoms with Crippen LogP contribution in [0.25, 0.3) is 0 Å². The first-order valence-corrected chi connectivity index (χ1v) is 5.92. The molecule has 3 nitrogen and oxygen atoms in total. The Bertz CT molecular complexity index is 346. The van der Waals surface area contributed by atoms with Crippen molar-refractivity contribution in [3.8, 4) is 0 Å². The highest BCUT2D eigenvalue weighted by atomic mass is 32.1. The van der Waals surface area contributed by atoms with Crippen LogP contribution < -0.4 is 5.32 Å². The molecule has 0 aromatic carbocycles. The van der Waals surface area contributed by atoms with Gasteiger partial charge >= 0.3 is 5.97 Å². The molecule has 0 saturated carbocycles. The van der Waals surface area contributed by atoms with Gasteiger partial charge in [-0.05, 0) is 31.9 Å². The van der Waals surface area contributed by atoms with Crippen LogP contribution in [0, 0.1) is 6.92 Å². The van der Waals surface area contributed by atoms with E-state index in [1.165, 1.54) is 11.3 Å². The van der Waals surface area contributed by atoms with Crippen LogP contribution in [0.1, 0.15) is 40.4 Å². The van der Waals surface area contributed by atoms with Crippen LogP contribution in [0.3, 0.4) is 0 Å². The molecular formula is C11H17NO2S. The highest BCUT2D eigenvalue weighted by molar-refractivity contribution is 7.14. The fourth-order valence-corrected chi connectivity index (χ4v) is 2.11. The number of hydrogen-bond acceptors (Lipinski definition) is 3. The van der Waals surface area contributed by atoms with Crippen molar-refractivity contribution in [1.82, 2.24) is 5.32 Å². The van der Waals surface area contributed by atoms with E-state index in [1.807, 2.05) is 6.92 Å². The van der Waals surface area contributed by atoms with Crippen LogP contribution >= 0.6 is 11.3 Å².